The van der Waals surface area contributed by atoms with Gasteiger partial charge in [-0.1, -0.05) is 11.4 Å². The van der Waals surface area contributed by atoms with Gasteiger partial charge in [0.2, 0.25) is 0 Å². The Labute approximate surface area is 129 Å². The van der Waals surface area contributed by atoms with Gasteiger partial charge in [0.25, 0.3) is 0 Å². The summed E-state index contributed by atoms with van der Waals surface area (Å²) in [6.45, 7) is 4.64. The highest BCUT2D eigenvalue weighted by Crippen LogP contribution is 2.31. The van der Waals surface area contributed by atoms with Crippen molar-refractivity contribution in [2.45, 2.75) is 19.5 Å². The van der Waals surface area contributed by atoms with E-state index in [4.69, 9.17) is 4.74 Å². The molecule has 0 saturated heterocycles. The topological polar surface area (TPSA) is 68.1 Å². The van der Waals surface area contributed by atoms with Gasteiger partial charge in [-0.15, -0.1) is 5.10 Å². The summed E-state index contributed by atoms with van der Waals surface area (Å²) in [5, 5.41) is 11.9. The molecule has 0 fully saturated rings. The molecule has 1 N–H and O–H groups in total. The molecule has 2 aromatic rings. The maximum Gasteiger partial charge on any atom is 0.161 e. The standard InChI is InChI=1S/C13H22N6OS/c1-5-14-12(11-9-15-17-21-11)13-10(20-4)8-16-19(13)7-6-18(2)3/h8-9,12,14H,5-7H2,1-4H3. The van der Waals surface area contributed by atoms with Crippen LogP contribution in [0.5, 0.6) is 5.75 Å². The minimum absolute atomic E-state index is 0.00499. The van der Waals surface area contributed by atoms with Crippen LogP contribution in [0.25, 0.3) is 0 Å². The molecule has 2 aromatic heterocycles. The van der Waals surface area contributed by atoms with Gasteiger partial charge in [-0.3, -0.25) is 4.68 Å². The molecule has 1 atom stereocenters. The van der Waals surface area contributed by atoms with Crippen LogP contribution in [0.3, 0.4) is 0 Å². The summed E-state index contributed by atoms with van der Waals surface area (Å²) in [7, 11) is 5.77. The zero-order valence-electron chi connectivity index (χ0n) is 12.9. The Morgan fingerprint density at radius 1 is 1.43 bits per heavy atom. The number of aromatic nitrogens is 4. The predicted octanol–water partition coefficient (Wildman–Crippen LogP) is 1.00. The smallest absolute Gasteiger partial charge is 0.161 e. The van der Waals surface area contributed by atoms with Crippen molar-refractivity contribution < 1.29 is 4.74 Å². The average Bonchev–Trinajstić information content (AvgIpc) is 3.11. The van der Waals surface area contributed by atoms with Gasteiger partial charge in [-0.2, -0.15) is 5.10 Å². The van der Waals surface area contributed by atoms with Crippen LogP contribution in [0.4, 0.5) is 0 Å². The molecule has 21 heavy (non-hydrogen) atoms. The van der Waals surface area contributed by atoms with E-state index in [-0.39, 0.29) is 6.04 Å². The van der Waals surface area contributed by atoms with Crippen LogP contribution in [0.2, 0.25) is 0 Å². The SMILES string of the molecule is CCNC(c1cnns1)c1c(OC)cnn1CCN(C)C. The summed E-state index contributed by atoms with van der Waals surface area (Å²) < 4.78 is 11.4. The fourth-order valence-electron chi connectivity index (χ4n) is 2.14. The normalized spacial score (nSPS) is 12.8. The Morgan fingerprint density at radius 3 is 2.81 bits per heavy atom. The minimum atomic E-state index is -0.00499. The lowest BCUT2D eigenvalue weighted by molar-refractivity contribution is 0.360. The first-order chi connectivity index (χ1) is 10.2. The van der Waals surface area contributed by atoms with Gasteiger partial charge in [0.05, 0.1) is 37.0 Å². The maximum atomic E-state index is 5.49. The zero-order chi connectivity index (χ0) is 15.2. The Bertz CT molecular complexity index is 539. The van der Waals surface area contributed by atoms with Crippen molar-refractivity contribution in [3.8, 4) is 5.75 Å². The highest BCUT2D eigenvalue weighted by Gasteiger charge is 2.24. The third-order valence-electron chi connectivity index (χ3n) is 3.17. The van der Waals surface area contributed by atoms with Crippen molar-refractivity contribution in [2.75, 3.05) is 34.3 Å². The second-order valence-corrected chi connectivity index (χ2v) is 5.75. The van der Waals surface area contributed by atoms with E-state index in [1.165, 1.54) is 11.5 Å². The van der Waals surface area contributed by atoms with Crippen LogP contribution in [0.1, 0.15) is 23.5 Å². The van der Waals surface area contributed by atoms with E-state index in [1.54, 1.807) is 19.5 Å². The molecule has 8 heteroatoms. The molecule has 0 radical (unpaired) electrons. The summed E-state index contributed by atoms with van der Waals surface area (Å²) in [5.74, 6) is 0.785. The number of ether oxygens (including phenoxy) is 1. The van der Waals surface area contributed by atoms with Crippen LogP contribution < -0.4 is 10.1 Å². The highest BCUT2D eigenvalue weighted by molar-refractivity contribution is 7.05. The third-order valence-corrected chi connectivity index (χ3v) is 3.90. The largest absolute Gasteiger partial charge is 0.493 e. The molecule has 0 aliphatic carbocycles. The predicted molar refractivity (Wildman–Crippen MR) is 82.8 cm³/mol. The summed E-state index contributed by atoms with van der Waals surface area (Å²) in [6.07, 6.45) is 3.56. The quantitative estimate of drug-likeness (QED) is 0.785. The van der Waals surface area contributed by atoms with Crippen molar-refractivity contribution in [3.05, 3.63) is 23.0 Å². The number of nitrogens with zero attached hydrogens (tertiary/aromatic N) is 5. The molecule has 116 valence electrons. The van der Waals surface area contributed by atoms with Crippen LogP contribution in [-0.4, -0.2) is 58.6 Å². The van der Waals surface area contributed by atoms with Gasteiger partial charge in [0.15, 0.2) is 5.75 Å². The first kappa shape index (κ1) is 15.9. The van der Waals surface area contributed by atoms with E-state index in [9.17, 15) is 0 Å². The molecule has 0 aliphatic rings. The molecule has 7 nitrogen and oxygen atoms in total. The highest BCUT2D eigenvalue weighted by atomic mass is 32.1. The van der Waals surface area contributed by atoms with E-state index < -0.39 is 0 Å². The second-order valence-electron chi connectivity index (χ2n) is 4.94. The molecular formula is C13H22N6OS. The number of hydrogen-bond donors (Lipinski definition) is 1. The summed E-state index contributed by atoms with van der Waals surface area (Å²) in [4.78, 5) is 3.19. The molecule has 0 spiro atoms. The van der Waals surface area contributed by atoms with Crippen molar-refractivity contribution in [1.82, 2.24) is 29.6 Å². The van der Waals surface area contributed by atoms with Crippen molar-refractivity contribution in [2.24, 2.45) is 0 Å². The monoisotopic (exact) mass is 310 g/mol. The van der Waals surface area contributed by atoms with Crippen LogP contribution in [0, 0.1) is 0 Å². The second kappa shape index (κ2) is 7.48. The van der Waals surface area contributed by atoms with E-state index in [1.807, 2.05) is 4.68 Å². The average molecular weight is 310 g/mol. The van der Waals surface area contributed by atoms with Gasteiger partial charge >= 0.3 is 0 Å². The van der Waals surface area contributed by atoms with Crippen LogP contribution in [0.15, 0.2) is 12.4 Å². The Kier molecular flexibility index (Phi) is 5.66. The Balaban J connectivity index is 2.35. The molecule has 0 bridgehead atoms. The van der Waals surface area contributed by atoms with Gasteiger partial charge < -0.3 is 15.0 Å². The first-order valence-corrected chi connectivity index (χ1v) is 7.69. The summed E-state index contributed by atoms with van der Waals surface area (Å²) in [6, 6.07) is -0.00499. The van der Waals surface area contributed by atoms with Crippen molar-refractivity contribution >= 4 is 11.5 Å². The lowest BCUT2D eigenvalue weighted by Crippen LogP contribution is -2.27. The number of hydrogen-bond acceptors (Lipinski definition) is 7. The number of likely N-dealkylation sites (N-methyl/N-ethyl adjacent to an activating group) is 1. The van der Waals surface area contributed by atoms with E-state index >= 15 is 0 Å². The Hall–Kier alpha value is -1.51. The molecule has 0 saturated carbocycles. The summed E-state index contributed by atoms with van der Waals surface area (Å²) >= 11 is 1.39. The van der Waals surface area contributed by atoms with Crippen molar-refractivity contribution in [3.63, 3.8) is 0 Å². The number of methoxy groups -OCH3 is 1. The summed E-state index contributed by atoms with van der Waals surface area (Å²) in [5.41, 5.74) is 1.02. The van der Waals surface area contributed by atoms with E-state index in [0.29, 0.717) is 0 Å². The lowest BCUT2D eigenvalue weighted by atomic mass is 10.1. The molecule has 2 heterocycles. The maximum absolute atomic E-state index is 5.49. The van der Waals surface area contributed by atoms with Gasteiger partial charge in [-0.25, -0.2) is 0 Å². The molecular weight excluding hydrogens is 288 g/mol. The number of nitrogens with one attached hydrogen (secondary N) is 1. The van der Waals surface area contributed by atoms with Gasteiger partial charge in [0.1, 0.15) is 5.69 Å². The van der Waals surface area contributed by atoms with Crippen LogP contribution in [-0.2, 0) is 6.54 Å². The minimum Gasteiger partial charge on any atom is -0.493 e. The molecule has 0 aliphatic heterocycles. The van der Waals surface area contributed by atoms with Crippen LogP contribution >= 0.6 is 11.5 Å². The molecule has 0 aromatic carbocycles. The third kappa shape index (κ3) is 3.78. The Morgan fingerprint density at radius 2 is 2.24 bits per heavy atom. The fourth-order valence-corrected chi connectivity index (χ4v) is 2.72. The first-order valence-electron chi connectivity index (χ1n) is 6.92. The van der Waals surface area contributed by atoms with E-state index in [2.05, 4.69) is 45.9 Å². The van der Waals surface area contributed by atoms with Crippen molar-refractivity contribution in [1.29, 1.82) is 0 Å². The van der Waals surface area contributed by atoms with Gasteiger partial charge in [-0.05, 0) is 32.2 Å². The number of rotatable bonds is 8. The van der Waals surface area contributed by atoms with Gasteiger partial charge in [0, 0.05) is 6.54 Å². The molecule has 2 rings (SSSR count). The molecule has 1 unspecified atom stereocenters. The zero-order valence-corrected chi connectivity index (χ0v) is 13.7. The lowest BCUT2D eigenvalue weighted by Gasteiger charge is -2.19. The fraction of sp³-hybridized carbons (Fsp3) is 0.615. The molecule has 0 amide bonds. The van der Waals surface area contributed by atoms with E-state index in [0.717, 1.165) is 36.0 Å².